The Hall–Kier alpha value is -1.82. The Labute approximate surface area is 130 Å². The van der Waals surface area contributed by atoms with Crippen molar-refractivity contribution in [2.24, 2.45) is 27.4 Å². The third-order valence-corrected chi connectivity index (χ3v) is 3.28. The summed E-state index contributed by atoms with van der Waals surface area (Å²) in [4.78, 5) is 10.2. The first-order valence-electron chi connectivity index (χ1n) is 6.73. The minimum absolute atomic E-state index is 0. The van der Waals surface area contributed by atoms with Gasteiger partial charge in [-0.25, -0.2) is 9.38 Å². The van der Waals surface area contributed by atoms with E-state index in [1.165, 1.54) is 30.7 Å². The summed E-state index contributed by atoms with van der Waals surface area (Å²) in [5.41, 5.74) is 12.2. The van der Waals surface area contributed by atoms with Crippen LogP contribution in [0.15, 0.2) is 34.3 Å². The topological polar surface area (TPSA) is 80.0 Å². The van der Waals surface area contributed by atoms with E-state index in [0.29, 0.717) is 17.6 Å². The molecule has 1 aromatic carbocycles. The van der Waals surface area contributed by atoms with Crippen molar-refractivity contribution in [3.63, 3.8) is 0 Å². The third-order valence-electron chi connectivity index (χ3n) is 3.28. The Morgan fingerprint density at radius 1 is 1.29 bits per heavy atom. The summed E-state index contributed by atoms with van der Waals surface area (Å²) in [5.74, 6) is 0.757. The van der Waals surface area contributed by atoms with Gasteiger partial charge in [-0.2, -0.15) is 4.99 Å². The van der Waals surface area contributed by atoms with Crippen LogP contribution in [-0.4, -0.2) is 29.9 Å². The molecule has 2 rings (SSSR count). The Morgan fingerprint density at radius 3 is 2.57 bits per heavy atom. The molecule has 21 heavy (non-hydrogen) atoms. The van der Waals surface area contributed by atoms with Crippen LogP contribution in [0.3, 0.4) is 0 Å². The molecule has 4 N–H and O–H groups in total. The number of nitrogens with zero attached hydrogens (tertiary/aromatic N) is 3. The van der Waals surface area contributed by atoms with Crippen LogP contribution in [0.4, 0.5) is 10.1 Å². The minimum Gasteiger partial charge on any atom is -0.369 e. The van der Waals surface area contributed by atoms with E-state index >= 15 is 0 Å². The summed E-state index contributed by atoms with van der Waals surface area (Å²) < 4.78 is 12.8. The smallest absolute Gasteiger partial charge is 0.223 e. The minimum atomic E-state index is -0.312. The molecular weight excluding hydrogens is 293 g/mol. The van der Waals surface area contributed by atoms with E-state index in [4.69, 9.17) is 11.5 Å². The summed E-state index contributed by atoms with van der Waals surface area (Å²) in [5, 5.41) is 0. The molecule has 1 unspecified atom stereocenters. The van der Waals surface area contributed by atoms with Crippen molar-refractivity contribution >= 4 is 30.0 Å². The maximum Gasteiger partial charge on any atom is 0.223 e. The molecule has 5 nitrogen and oxygen atoms in total. The van der Waals surface area contributed by atoms with Gasteiger partial charge in [0.2, 0.25) is 5.96 Å². The van der Waals surface area contributed by atoms with Gasteiger partial charge in [-0.3, -0.25) is 0 Å². The predicted octanol–water partition coefficient (Wildman–Crippen LogP) is 2.24. The summed E-state index contributed by atoms with van der Waals surface area (Å²) in [6.45, 7) is 3.97. The molecule has 1 heterocycles. The second-order valence-electron chi connectivity index (χ2n) is 5.11. The summed E-state index contributed by atoms with van der Waals surface area (Å²) >= 11 is 0. The second kappa shape index (κ2) is 7.83. The molecule has 1 fully saturated rings. The van der Waals surface area contributed by atoms with Crippen LogP contribution in [0.25, 0.3) is 0 Å². The zero-order chi connectivity index (χ0) is 14.5. The largest absolute Gasteiger partial charge is 0.369 e. The van der Waals surface area contributed by atoms with Gasteiger partial charge in [-0.15, -0.1) is 12.4 Å². The van der Waals surface area contributed by atoms with Gasteiger partial charge in [0.25, 0.3) is 0 Å². The van der Waals surface area contributed by atoms with E-state index in [2.05, 4.69) is 16.9 Å². The molecule has 0 bridgehead atoms. The molecule has 1 aliphatic rings. The number of rotatable bonds is 1. The molecule has 1 aromatic rings. The van der Waals surface area contributed by atoms with Gasteiger partial charge in [-0.05, 0) is 43.0 Å². The number of nitrogens with two attached hydrogens (primary N) is 2. The third kappa shape index (κ3) is 5.23. The number of piperidine rings is 1. The van der Waals surface area contributed by atoms with E-state index in [1.807, 2.05) is 4.90 Å². The first-order valence-corrected chi connectivity index (χ1v) is 6.73. The van der Waals surface area contributed by atoms with E-state index in [9.17, 15) is 4.39 Å². The van der Waals surface area contributed by atoms with Crippen LogP contribution >= 0.6 is 12.4 Å². The summed E-state index contributed by atoms with van der Waals surface area (Å²) in [7, 11) is 0. The van der Waals surface area contributed by atoms with E-state index in [0.717, 1.165) is 19.5 Å². The summed E-state index contributed by atoms with van der Waals surface area (Å²) in [6, 6.07) is 5.73. The molecule has 116 valence electrons. The van der Waals surface area contributed by atoms with E-state index < -0.39 is 0 Å². The van der Waals surface area contributed by atoms with Gasteiger partial charge in [0.1, 0.15) is 5.82 Å². The number of guanidine groups is 2. The highest BCUT2D eigenvalue weighted by molar-refractivity contribution is 5.94. The van der Waals surface area contributed by atoms with Crippen molar-refractivity contribution in [1.82, 2.24) is 4.90 Å². The molecule has 0 spiro atoms. The number of likely N-dealkylation sites (tertiary alicyclic amines) is 1. The zero-order valence-corrected chi connectivity index (χ0v) is 12.8. The molecule has 0 amide bonds. The number of hydrogen-bond acceptors (Lipinski definition) is 1. The van der Waals surface area contributed by atoms with Crippen molar-refractivity contribution in [1.29, 1.82) is 0 Å². The molecule has 1 aliphatic heterocycles. The van der Waals surface area contributed by atoms with Gasteiger partial charge in [0, 0.05) is 13.1 Å². The quantitative estimate of drug-likeness (QED) is 0.616. The normalized spacial score (nSPS) is 20.1. The Kier molecular flexibility index (Phi) is 6.42. The molecule has 0 radical (unpaired) electrons. The highest BCUT2D eigenvalue weighted by atomic mass is 35.5. The predicted molar refractivity (Wildman–Crippen MR) is 86.5 cm³/mol. The average molecular weight is 314 g/mol. The Bertz CT molecular complexity index is 515. The fraction of sp³-hybridized carbons (Fsp3) is 0.429. The maximum absolute atomic E-state index is 12.8. The van der Waals surface area contributed by atoms with Crippen LogP contribution in [0.5, 0.6) is 0 Å². The summed E-state index contributed by atoms with van der Waals surface area (Å²) in [6.07, 6.45) is 2.31. The molecule has 0 aromatic heterocycles. The van der Waals surface area contributed by atoms with Crippen LogP contribution < -0.4 is 11.5 Å². The number of aliphatic imine (C=N–C) groups is 2. The van der Waals surface area contributed by atoms with Gasteiger partial charge in [-0.1, -0.05) is 6.92 Å². The zero-order valence-electron chi connectivity index (χ0n) is 12.0. The van der Waals surface area contributed by atoms with Gasteiger partial charge in [0.05, 0.1) is 5.69 Å². The maximum atomic E-state index is 12.8. The van der Waals surface area contributed by atoms with Crippen molar-refractivity contribution < 1.29 is 4.39 Å². The van der Waals surface area contributed by atoms with Crippen LogP contribution in [0.1, 0.15) is 19.8 Å². The first-order chi connectivity index (χ1) is 9.54. The molecule has 0 saturated carbocycles. The van der Waals surface area contributed by atoms with Crippen molar-refractivity contribution in [2.45, 2.75) is 19.8 Å². The Morgan fingerprint density at radius 2 is 1.95 bits per heavy atom. The van der Waals surface area contributed by atoms with Crippen molar-refractivity contribution in [3.8, 4) is 0 Å². The number of halogens is 2. The fourth-order valence-electron chi connectivity index (χ4n) is 2.26. The molecule has 1 saturated heterocycles. The molecular formula is C14H21ClFN5. The van der Waals surface area contributed by atoms with Crippen molar-refractivity contribution in [3.05, 3.63) is 30.1 Å². The van der Waals surface area contributed by atoms with E-state index in [-0.39, 0.29) is 24.2 Å². The molecule has 1 atom stereocenters. The van der Waals surface area contributed by atoms with Gasteiger partial charge in [0.15, 0.2) is 5.96 Å². The number of hydrogen-bond donors (Lipinski definition) is 2. The first kappa shape index (κ1) is 17.2. The molecule has 0 aliphatic carbocycles. The average Bonchev–Trinajstić information content (AvgIpc) is 2.41. The van der Waals surface area contributed by atoms with E-state index in [1.54, 1.807) is 0 Å². The van der Waals surface area contributed by atoms with Crippen LogP contribution in [-0.2, 0) is 0 Å². The standard InChI is InChI=1S/C14H20FN5.ClH/c1-10-3-2-8-20(9-10)14(17)19-13(16)18-12-6-4-11(15)5-7-12;/h4-7,10H,2-3,8-9H2,1H3,(H4,16,17,18,19);1H. The highest BCUT2D eigenvalue weighted by Crippen LogP contribution is 2.15. The second-order valence-corrected chi connectivity index (χ2v) is 5.11. The number of benzene rings is 1. The lowest BCUT2D eigenvalue weighted by Gasteiger charge is -2.31. The van der Waals surface area contributed by atoms with Crippen LogP contribution in [0, 0.1) is 11.7 Å². The lowest BCUT2D eigenvalue weighted by Crippen LogP contribution is -2.44. The van der Waals surface area contributed by atoms with Gasteiger partial charge >= 0.3 is 0 Å². The SMILES string of the molecule is CC1CCCN(C(N)=NC(N)=Nc2ccc(F)cc2)C1.Cl. The highest BCUT2D eigenvalue weighted by Gasteiger charge is 2.17. The van der Waals surface area contributed by atoms with Gasteiger partial charge < -0.3 is 16.4 Å². The molecule has 7 heteroatoms. The lowest BCUT2D eigenvalue weighted by molar-refractivity contribution is 0.271. The monoisotopic (exact) mass is 313 g/mol. The fourth-order valence-corrected chi connectivity index (χ4v) is 2.26. The van der Waals surface area contributed by atoms with Crippen LogP contribution in [0.2, 0.25) is 0 Å². The van der Waals surface area contributed by atoms with Crippen molar-refractivity contribution in [2.75, 3.05) is 13.1 Å². The Balaban J connectivity index is 0.00000220. The lowest BCUT2D eigenvalue weighted by atomic mass is 10.0.